The lowest BCUT2D eigenvalue weighted by molar-refractivity contribution is 0.705. The Hall–Kier alpha value is -0.540. The van der Waals surface area contributed by atoms with Gasteiger partial charge in [-0.3, -0.25) is 0 Å². The molecule has 2 N–H and O–H groups in total. The van der Waals surface area contributed by atoms with Crippen molar-refractivity contribution >= 4 is 21.6 Å². The van der Waals surface area contributed by atoms with Gasteiger partial charge in [-0.05, 0) is 31.0 Å². The average Bonchev–Trinajstić information content (AvgIpc) is 2.28. The Labute approximate surface area is 113 Å². The summed E-state index contributed by atoms with van der Waals surface area (Å²) in [6.07, 6.45) is 3.81. The van der Waals surface area contributed by atoms with E-state index in [4.69, 9.17) is 5.73 Å². The van der Waals surface area contributed by atoms with E-state index in [1.54, 1.807) is 0 Å². The van der Waals surface area contributed by atoms with Gasteiger partial charge in [0, 0.05) is 29.8 Å². The average molecular weight is 299 g/mol. The highest BCUT2D eigenvalue weighted by Gasteiger charge is 2.07. The van der Waals surface area contributed by atoms with E-state index in [0.717, 1.165) is 16.6 Å². The number of halogens is 1. The molecule has 0 spiro atoms. The van der Waals surface area contributed by atoms with Gasteiger partial charge in [0.25, 0.3) is 0 Å². The molecule has 1 unspecified atom stereocenters. The fraction of sp³-hybridized carbons (Fsp3) is 0.571. The standard InChI is InChI=1S/C14H23BrN2/c1-4-5-6-9-17(3)12-7-8-13(11(2)16)14(15)10-12/h7-8,10-11H,4-6,9,16H2,1-3H3. The summed E-state index contributed by atoms with van der Waals surface area (Å²) in [5.74, 6) is 0. The molecule has 2 nitrogen and oxygen atoms in total. The van der Waals surface area contributed by atoms with Crippen LogP contribution in [0.25, 0.3) is 0 Å². The van der Waals surface area contributed by atoms with Crippen molar-refractivity contribution < 1.29 is 0 Å². The van der Waals surface area contributed by atoms with E-state index < -0.39 is 0 Å². The van der Waals surface area contributed by atoms with Crippen molar-refractivity contribution in [2.45, 2.75) is 39.2 Å². The second kappa shape index (κ2) is 7.02. The number of hydrogen-bond acceptors (Lipinski definition) is 2. The normalized spacial score (nSPS) is 12.5. The van der Waals surface area contributed by atoms with Crippen LogP contribution in [-0.4, -0.2) is 13.6 Å². The third-order valence-corrected chi connectivity index (χ3v) is 3.70. The third-order valence-electron chi connectivity index (χ3n) is 3.01. The van der Waals surface area contributed by atoms with Crippen molar-refractivity contribution in [3.05, 3.63) is 28.2 Å². The van der Waals surface area contributed by atoms with E-state index >= 15 is 0 Å². The van der Waals surface area contributed by atoms with Gasteiger partial charge < -0.3 is 10.6 Å². The van der Waals surface area contributed by atoms with Crippen LogP contribution in [0, 0.1) is 0 Å². The number of unbranched alkanes of at least 4 members (excludes halogenated alkanes) is 2. The second-order valence-electron chi connectivity index (χ2n) is 4.62. The summed E-state index contributed by atoms with van der Waals surface area (Å²) in [5.41, 5.74) is 8.31. The van der Waals surface area contributed by atoms with Crippen LogP contribution < -0.4 is 10.6 Å². The number of anilines is 1. The van der Waals surface area contributed by atoms with Gasteiger partial charge in [0.05, 0.1) is 0 Å². The molecule has 1 aromatic rings. The van der Waals surface area contributed by atoms with Crippen LogP contribution in [0.2, 0.25) is 0 Å². The lowest BCUT2D eigenvalue weighted by Crippen LogP contribution is -2.18. The monoisotopic (exact) mass is 298 g/mol. The fourth-order valence-corrected chi connectivity index (χ4v) is 2.58. The zero-order chi connectivity index (χ0) is 12.8. The van der Waals surface area contributed by atoms with Crippen LogP contribution in [0.3, 0.4) is 0 Å². The Morgan fingerprint density at radius 3 is 2.59 bits per heavy atom. The minimum absolute atomic E-state index is 0.0730. The van der Waals surface area contributed by atoms with Crippen LogP contribution in [-0.2, 0) is 0 Å². The molecule has 0 aromatic heterocycles. The first-order valence-corrected chi connectivity index (χ1v) is 7.11. The molecule has 1 rings (SSSR count). The van der Waals surface area contributed by atoms with Crippen molar-refractivity contribution in [1.29, 1.82) is 0 Å². The molecule has 3 heteroatoms. The molecule has 0 bridgehead atoms. The maximum absolute atomic E-state index is 5.90. The van der Waals surface area contributed by atoms with Gasteiger partial charge >= 0.3 is 0 Å². The quantitative estimate of drug-likeness (QED) is 0.801. The van der Waals surface area contributed by atoms with Crippen molar-refractivity contribution in [1.82, 2.24) is 0 Å². The fourth-order valence-electron chi connectivity index (χ4n) is 1.85. The summed E-state index contributed by atoms with van der Waals surface area (Å²) in [7, 11) is 2.14. The maximum Gasteiger partial charge on any atom is 0.0375 e. The van der Waals surface area contributed by atoms with E-state index in [9.17, 15) is 0 Å². The summed E-state index contributed by atoms with van der Waals surface area (Å²) in [5, 5.41) is 0. The molecular formula is C14H23BrN2. The van der Waals surface area contributed by atoms with Gasteiger partial charge in [0.15, 0.2) is 0 Å². The van der Waals surface area contributed by atoms with Crippen LogP contribution in [0.15, 0.2) is 22.7 Å². The molecular weight excluding hydrogens is 276 g/mol. The highest BCUT2D eigenvalue weighted by Crippen LogP contribution is 2.27. The molecule has 0 aliphatic carbocycles. The first-order valence-electron chi connectivity index (χ1n) is 6.32. The molecule has 1 aromatic carbocycles. The lowest BCUT2D eigenvalue weighted by Gasteiger charge is -2.20. The topological polar surface area (TPSA) is 29.3 Å². The van der Waals surface area contributed by atoms with Crippen LogP contribution in [0.4, 0.5) is 5.69 Å². The Bertz CT molecular complexity index is 350. The maximum atomic E-state index is 5.90. The van der Waals surface area contributed by atoms with Crippen LogP contribution in [0.5, 0.6) is 0 Å². The molecule has 17 heavy (non-hydrogen) atoms. The van der Waals surface area contributed by atoms with Crippen LogP contribution in [0.1, 0.15) is 44.7 Å². The van der Waals surface area contributed by atoms with E-state index in [1.165, 1.54) is 24.9 Å². The van der Waals surface area contributed by atoms with Gasteiger partial charge in [0.1, 0.15) is 0 Å². The van der Waals surface area contributed by atoms with Gasteiger partial charge in [0.2, 0.25) is 0 Å². The molecule has 0 aliphatic rings. The molecule has 0 radical (unpaired) electrons. The number of nitrogens with zero attached hydrogens (tertiary/aromatic N) is 1. The number of rotatable bonds is 6. The van der Waals surface area contributed by atoms with Gasteiger partial charge in [-0.15, -0.1) is 0 Å². The molecule has 96 valence electrons. The summed E-state index contributed by atoms with van der Waals surface area (Å²) < 4.78 is 1.10. The third kappa shape index (κ3) is 4.32. The molecule has 0 fully saturated rings. The lowest BCUT2D eigenvalue weighted by atomic mass is 10.1. The van der Waals surface area contributed by atoms with E-state index in [-0.39, 0.29) is 6.04 Å². The summed E-state index contributed by atoms with van der Waals surface area (Å²) in [6.45, 7) is 5.34. The predicted octanol–water partition coefficient (Wildman–Crippen LogP) is 4.10. The van der Waals surface area contributed by atoms with Crippen molar-refractivity contribution in [2.24, 2.45) is 5.73 Å². The number of hydrogen-bond donors (Lipinski definition) is 1. The number of nitrogens with two attached hydrogens (primary N) is 1. The molecule has 0 heterocycles. The van der Waals surface area contributed by atoms with Crippen molar-refractivity contribution in [3.8, 4) is 0 Å². The smallest absolute Gasteiger partial charge is 0.0375 e. The Balaban J connectivity index is 2.69. The van der Waals surface area contributed by atoms with Crippen LogP contribution >= 0.6 is 15.9 Å². The molecule has 0 aliphatic heterocycles. The largest absolute Gasteiger partial charge is 0.375 e. The Morgan fingerprint density at radius 2 is 2.06 bits per heavy atom. The minimum Gasteiger partial charge on any atom is -0.375 e. The molecule has 1 atom stereocenters. The predicted molar refractivity (Wildman–Crippen MR) is 79.5 cm³/mol. The summed E-state index contributed by atoms with van der Waals surface area (Å²) >= 11 is 3.59. The van der Waals surface area contributed by atoms with Gasteiger partial charge in [-0.2, -0.15) is 0 Å². The summed E-state index contributed by atoms with van der Waals surface area (Å²) in [4.78, 5) is 2.30. The molecule has 0 saturated carbocycles. The number of benzene rings is 1. The highest BCUT2D eigenvalue weighted by atomic mass is 79.9. The highest BCUT2D eigenvalue weighted by molar-refractivity contribution is 9.10. The van der Waals surface area contributed by atoms with Crippen molar-refractivity contribution in [2.75, 3.05) is 18.5 Å². The second-order valence-corrected chi connectivity index (χ2v) is 5.48. The first-order chi connectivity index (χ1) is 8.06. The van der Waals surface area contributed by atoms with Gasteiger partial charge in [-0.25, -0.2) is 0 Å². The molecule has 0 saturated heterocycles. The van der Waals surface area contributed by atoms with E-state index in [2.05, 4.69) is 53.0 Å². The zero-order valence-electron chi connectivity index (χ0n) is 11.0. The minimum atomic E-state index is 0.0730. The van der Waals surface area contributed by atoms with E-state index in [1.807, 2.05) is 6.92 Å². The first kappa shape index (κ1) is 14.5. The van der Waals surface area contributed by atoms with Crippen molar-refractivity contribution in [3.63, 3.8) is 0 Å². The van der Waals surface area contributed by atoms with Gasteiger partial charge in [-0.1, -0.05) is 41.8 Å². The Morgan fingerprint density at radius 1 is 1.35 bits per heavy atom. The zero-order valence-corrected chi connectivity index (χ0v) is 12.6. The summed E-state index contributed by atoms with van der Waals surface area (Å²) in [6, 6.07) is 6.49. The Kier molecular flexibility index (Phi) is 6.00. The van der Waals surface area contributed by atoms with E-state index in [0.29, 0.717) is 0 Å². The SMILES string of the molecule is CCCCCN(C)c1ccc(C(C)N)c(Br)c1. The molecule has 0 amide bonds.